The summed E-state index contributed by atoms with van der Waals surface area (Å²) in [5.74, 6) is -0.444. The predicted molar refractivity (Wildman–Crippen MR) is 143 cm³/mol. The fourth-order valence-electron chi connectivity index (χ4n) is 3.75. The number of halogens is 2. The number of amides is 1. The zero-order valence-electron chi connectivity index (χ0n) is 19.8. The van der Waals surface area contributed by atoms with Crippen LogP contribution in [0.25, 0.3) is 6.08 Å². The summed E-state index contributed by atoms with van der Waals surface area (Å²) in [5, 5.41) is 0.425. The maximum atomic E-state index is 13.4. The summed E-state index contributed by atoms with van der Waals surface area (Å²) in [6.07, 6.45) is 1.45. The second-order valence-electron chi connectivity index (χ2n) is 7.94. The first-order valence-electron chi connectivity index (χ1n) is 11.1. The molecule has 1 aliphatic heterocycles. The highest BCUT2D eigenvalue weighted by Gasteiger charge is 2.38. The number of hydrogen-bond donors (Lipinski definition) is 1. The van der Waals surface area contributed by atoms with Crippen molar-refractivity contribution >= 4 is 61.2 Å². The second kappa shape index (κ2) is 11.1. The van der Waals surface area contributed by atoms with E-state index in [1.54, 1.807) is 50.2 Å². The number of rotatable bonds is 8. The second-order valence-corrected chi connectivity index (χ2v) is 11.1. The van der Waals surface area contributed by atoms with Gasteiger partial charge in [-0.1, -0.05) is 27.5 Å². The first-order valence-corrected chi connectivity index (χ1v) is 13.8. The van der Waals surface area contributed by atoms with Gasteiger partial charge in [0.1, 0.15) is 11.5 Å². The van der Waals surface area contributed by atoms with E-state index in [9.17, 15) is 18.0 Å². The average molecular weight is 606 g/mol. The number of benzene rings is 2. The van der Waals surface area contributed by atoms with Crippen LogP contribution < -0.4 is 9.62 Å². The number of furan rings is 1. The van der Waals surface area contributed by atoms with Gasteiger partial charge >= 0.3 is 5.97 Å². The normalized spacial score (nSPS) is 15.1. The zero-order chi connectivity index (χ0) is 26.7. The van der Waals surface area contributed by atoms with Gasteiger partial charge in [-0.2, -0.15) is 0 Å². The van der Waals surface area contributed by atoms with Gasteiger partial charge in [0.2, 0.25) is 10.0 Å². The van der Waals surface area contributed by atoms with Crippen molar-refractivity contribution in [2.45, 2.75) is 25.3 Å². The maximum Gasteiger partial charge on any atom is 0.340 e. The van der Waals surface area contributed by atoms with Gasteiger partial charge in [0.25, 0.3) is 5.91 Å². The number of nitrogens with zero attached hydrogens (tertiary/aromatic N) is 1. The van der Waals surface area contributed by atoms with Crippen molar-refractivity contribution in [3.63, 3.8) is 0 Å². The third kappa shape index (κ3) is 5.88. The van der Waals surface area contributed by atoms with Crippen LogP contribution in [0, 0.1) is 0 Å². The highest BCUT2D eigenvalue weighted by atomic mass is 79.9. The quantitative estimate of drug-likeness (QED) is 0.271. The van der Waals surface area contributed by atoms with Gasteiger partial charge in [0, 0.05) is 20.9 Å². The molecule has 1 aromatic heterocycles. The fourth-order valence-corrected chi connectivity index (χ4v) is 5.14. The minimum absolute atomic E-state index is 0.0649. The van der Waals surface area contributed by atoms with Crippen molar-refractivity contribution in [2.24, 2.45) is 0 Å². The lowest BCUT2D eigenvalue weighted by Crippen LogP contribution is -2.24. The van der Waals surface area contributed by atoms with Crippen LogP contribution in [0.15, 0.2) is 91.3 Å². The van der Waals surface area contributed by atoms with Gasteiger partial charge in [-0.05, 0) is 80.6 Å². The molecule has 2 aromatic carbocycles. The Morgan fingerprint density at radius 1 is 1.11 bits per heavy atom. The lowest BCUT2D eigenvalue weighted by Gasteiger charge is -2.17. The van der Waals surface area contributed by atoms with Crippen molar-refractivity contribution < 1.29 is 27.2 Å². The Bertz CT molecular complexity index is 1510. The van der Waals surface area contributed by atoms with E-state index in [-0.39, 0.29) is 35.0 Å². The zero-order valence-corrected chi connectivity index (χ0v) is 23.0. The third-order valence-electron chi connectivity index (χ3n) is 5.49. The molecule has 0 fully saturated rings. The highest BCUT2D eigenvalue weighted by Crippen LogP contribution is 2.36. The Hall–Kier alpha value is -3.18. The lowest BCUT2D eigenvalue weighted by molar-refractivity contribution is -0.138. The molecule has 0 saturated carbocycles. The van der Waals surface area contributed by atoms with Crippen molar-refractivity contribution in [1.29, 1.82) is 0 Å². The number of allylic oxidation sites excluding steroid dienone is 1. The molecule has 0 radical (unpaired) electrons. The molecule has 4 rings (SSSR count). The lowest BCUT2D eigenvalue weighted by atomic mass is 10.1. The molecular weight excluding hydrogens is 584 g/mol. The van der Waals surface area contributed by atoms with Gasteiger partial charge in [-0.3, -0.25) is 9.69 Å². The summed E-state index contributed by atoms with van der Waals surface area (Å²) in [4.78, 5) is 27.7. The monoisotopic (exact) mass is 604 g/mol. The van der Waals surface area contributed by atoms with Crippen molar-refractivity contribution in [1.82, 2.24) is 4.72 Å². The van der Waals surface area contributed by atoms with Crippen LogP contribution in [0.2, 0.25) is 5.02 Å². The smallest absolute Gasteiger partial charge is 0.340 e. The molecule has 37 heavy (non-hydrogen) atoms. The van der Waals surface area contributed by atoms with E-state index in [0.29, 0.717) is 22.2 Å². The van der Waals surface area contributed by atoms with Gasteiger partial charge < -0.3 is 9.15 Å². The predicted octanol–water partition coefficient (Wildman–Crippen LogP) is 5.44. The summed E-state index contributed by atoms with van der Waals surface area (Å²) >= 11 is 9.20. The van der Waals surface area contributed by atoms with E-state index in [2.05, 4.69) is 20.7 Å². The summed E-state index contributed by atoms with van der Waals surface area (Å²) in [6.45, 7) is 3.39. The standard InChI is InChI=1S/C26H22BrClN2O6S/c1-3-35-26(32)24-16(2)30(19-8-4-17(27)5-9-19)25(31)23(24)14-20-10-11-21(36-20)15-29-37(33,34)22-12-6-18(28)7-13-22/h4-14,29H,3,15H2,1-2H3/b23-14+. The molecule has 2 heterocycles. The van der Waals surface area contributed by atoms with Crippen LogP contribution in [0.3, 0.4) is 0 Å². The number of ether oxygens (including phenoxy) is 1. The van der Waals surface area contributed by atoms with Crippen LogP contribution in [0.5, 0.6) is 0 Å². The van der Waals surface area contributed by atoms with Crippen LogP contribution in [-0.2, 0) is 30.9 Å². The van der Waals surface area contributed by atoms with Crippen molar-refractivity contribution in [3.8, 4) is 0 Å². The molecule has 0 bridgehead atoms. The van der Waals surface area contributed by atoms with Crippen LogP contribution >= 0.6 is 27.5 Å². The van der Waals surface area contributed by atoms with E-state index >= 15 is 0 Å². The van der Waals surface area contributed by atoms with Crippen molar-refractivity contribution in [2.75, 3.05) is 11.5 Å². The van der Waals surface area contributed by atoms with Gasteiger partial charge in [0.05, 0.1) is 29.2 Å². The third-order valence-corrected chi connectivity index (χ3v) is 7.69. The van der Waals surface area contributed by atoms with E-state index in [1.165, 1.54) is 35.2 Å². The SMILES string of the molecule is CCOC(=O)C1=C(C)N(c2ccc(Br)cc2)C(=O)/C1=C/c1ccc(CNS(=O)(=O)c2ccc(Cl)cc2)o1. The van der Waals surface area contributed by atoms with Gasteiger partial charge in [-0.25, -0.2) is 17.9 Å². The number of esters is 1. The molecule has 192 valence electrons. The van der Waals surface area contributed by atoms with Crippen molar-refractivity contribution in [3.05, 3.63) is 98.5 Å². The molecule has 1 N–H and O–H groups in total. The molecule has 3 aromatic rings. The number of hydrogen-bond acceptors (Lipinski definition) is 6. The van der Waals surface area contributed by atoms with Crippen LogP contribution in [0.4, 0.5) is 5.69 Å². The Morgan fingerprint density at radius 2 is 1.78 bits per heavy atom. The molecule has 1 amide bonds. The number of anilines is 1. The molecule has 11 heteroatoms. The van der Waals surface area contributed by atoms with E-state index in [1.807, 2.05) is 0 Å². The largest absolute Gasteiger partial charge is 0.462 e. The Balaban J connectivity index is 1.60. The molecule has 0 spiro atoms. The summed E-state index contributed by atoms with van der Waals surface area (Å²) in [6, 6.07) is 16.1. The Kier molecular flexibility index (Phi) is 8.03. The maximum absolute atomic E-state index is 13.4. The highest BCUT2D eigenvalue weighted by molar-refractivity contribution is 9.10. The Labute approximate surface area is 227 Å². The molecule has 0 aliphatic carbocycles. The van der Waals surface area contributed by atoms with E-state index in [4.69, 9.17) is 20.8 Å². The molecule has 8 nitrogen and oxygen atoms in total. The molecule has 0 unspecified atom stereocenters. The van der Waals surface area contributed by atoms with Gasteiger partial charge in [-0.15, -0.1) is 0 Å². The number of sulfonamides is 1. The molecular formula is C26H22BrClN2O6S. The topological polar surface area (TPSA) is 106 Å². The number of nitrogens with one attached hydrogen (secondary N) is 1. The summed E-state index contributed by atoms with van der Waals surface area (Å²) in [5.41, 5.74) is 1.27. The van der Waals surface area contributed by atoms with Crippen LogP contribution in [0.1, 0.15) is 25.4 Å². The average Bonchev–Trinajstić information content (AvgIpc) is 3.41. The number of carbonyl (C=O) groups is 2. The first kappa shape index (κ1) is 26.9. The molecule has 0 atom stereocenters. The van der Waals surface area contributed by atoms with E-state index < -0.39 is 21.9 Å². The molecule has 0 saturated heterocycles. The summed E-state index contributed by atoms with van der Waals surface area (Å²) < 4.78 is 39.3. The number of carbonyl (C=O) groups excluding carboxylic acids is 2. The minimum Gasteiger partial charge on any atom is -0.462 e. The summed E-state index contributed by atoms with van der Waals surface area (Å²) in [7, 11) is -3.79. The first-order chi connectivity index (χ1) is 17.6. The Morgan fingerprint density at radius 3 is 2.43 bits per heavy atom. The molecule has 1 aliphatic rings. The van der Waals surface area contributed by atoms with Crippen LogP contribution in [-0.4, -0.2) is 26.9 Å². The minimum atomic E-state index is -3.79. The van der Waals surface area contributed by atoms with Gasteiger partial charge in [0.15, 0.2) is 0 Å². The fraction of sp³-hybridized carbons (Fsp3) is 0.154. The van der Waals surface area contributed by atoms with E-state index in [0.717, 1.165) is 4.47 Å².